The molecule has 1 saturated carbocycles. The number of anilines is 1. The molecule has 2 amide bonds. The van der Waals surface area contributed by atoms with Gasteiger partial charge in [0.2, 0.25) is 5.91 Å². The van der Waals surface area contributed by atoms with Crippen LogP contribution in [0, 0.1) is 5.82 Å². The lowest BCUT2D eigenvalue weighted by molar-refractivity contribution is -0.118. The molecular formula is C23H32FN3O3. The van der Waals surface area contributed by atoms with Crippen molar-refractivity contribution in [2.24, 2.45) is 0 Å². The van der Waals surface area contributed by atoms with E-state index < -0.39 is 5.60 Å². The summed E-state index contributed by atoms with van der Waals surface area (Å²) >= 11 is 0. The van der Waals surface area contributed by atoms with Crippen LogP contribution in [0.5, 0.6) is 0 Å². The molecule has 2 aliphatic heterocycles. The predicted molar refractivity (Wildman–Crippen MR) is 113 cm³/mol. The van der Waals surface area contributed by atoms with Crippen LogP contribution in [-0.2, 0) is 16.0 Å². The summed E-state index contributed by atoms with van der Waals surface area (Å²) in [5.41, 5.74) is 0.832. The maximum absolute atomic E-state index is 14.1. The summed E-state index contributed by atoms with van der Waals surface area (Å²) in [6.07, 6.45) is 3.84. The highest BCUT2D eigenvalue weighted by Gasteiger charge is 2.38. The van der Waals surface area contributed by atoms with Gasteiger partial charge < -0.3 is 14.5 Å². The van der Waals surface area contributed by atoms with E-state index in [9.17, 15) is 14.0 Å². The van der Waals surface area contributed by atoms with Crippen molar-refractivity contribution < 1.29 is 18.7 Å². The number of rotatable bonds is 2. The highest BCUT2D eigenvalue weighted by molar-refractivity contribution is 6.02. The average Bonchev–Trinajstić information content (AvgIpc) is 3.04. The number of piperazine rings is 1. The number of hydrogen-bond donors (Lipinski definition) is 0. The van der Waals surface area contributed by atoms with E-state index >= 15 is 0 Å². The third-order valence-electron chi connectivity index (χ3n) is 6.46. The largest absolute Gasteiger partial charge is 0.444 e. The van der Waals surface area contributed by atoms with Crippen LogP contribution in [0.3, 0.4) is 0 Å². The Morgan fingerprint density at radius 2 is 1.67 bits per heavy atom. The van der Waals surface area contributed by atoms with E-state index in [0.29, 0.717) is 24.7 Å². The van der Waals surface area contributed by atoms with E-state index in [-0.39, 0.29) is 30.3 Å². The van der Waals surface area contributed by atoms with Crippen LogP contribution < -0.4 is 4.90 Å². The zero-order valence-corrected chi connectivity index (χ0v) is 18.2. The minimum atomic E-state index is -0.471. The highest BCUT2D eigenvalue weighted by Crippen LogP contribution is 2.37. The highest BCUT2D eigenvalue weighted by atomic mass is 19.1. The first-order valence-corrected chi connectivity index (χ1v) is 11.0. The van der Waals surface area contributed by atoms with Crippen LogP contribution in [-0.4, -0.2) is 65.7 Å². The van der Waals surface area contributed by atoms with Crippen molar-refractivity contribution in [1.29, 1.82) is 0 Å². The number of carbonyl (C=O) groups is 2. The number of benzene rings is 1. The first kappa shape index (κ1) is 21.1. The Hall–Kier alpha value is -2.15. The summed E-state index contributed by atoms with van der Waals surface area (Å²) < 4.78 is 19.5. The number of fused-ring (bicyclic) bond motifs is 1. The van der Waals surface area contributed by atoms with Gasteiger partial charge in [0.05, 0.1) is 12.1 Å². The van der Waals surface area contributed by atoms with Gasteiger partial charge in [-0.15, -0.1) is 0 Å². The molecule has 164 valence electrons. The number of carbonyl (C=O) groups excluding carboxylic acids is 2. The first-order chi connectivity index (χ1) is 14.2. The van der Waals surface area contributed by atoms with Gasteiger partial charge in [0.1, 0.15) is 11.4 Å². The molecule has 0 atom stereocenters. The van der Waals surface area contributed by atoms with Crippen LogP contribution >= 0.6 is 0 Å². The SMILES string of the molecule is CC(C)(C)OC(=O)N1CCN(C2CCC(N3C(=O)Cc4c(F)cccc43)CC2)CC1. The van der Waals surface area contributed by atoms with Gasteiger partial charge in [-0.1, -0.05) is 6.07 Å². The maximum atomic E-state index is 14.1. The fourth-order valence-corrected chi connectivity index (χ4v) is 5.00. The lowest BCUT2D eigenvalue weighted by atomic mass is 9.88. The molecule has 0 radical (unpaired) electrons. The Labute approximate surface area is 177 Å². The standard InChI is InChI=1S/C23H32FN3O3/c1-23(2,3)30-22(29)26-13-11-25(12-14-26)16-7-9-17(10-8-16)27-20-6-4-5-19(24)18(20)15-21(27)28/h4-6,16-17H,7-15H2,1-3H3. The van der Waals surface area contributed by atoms with Crippen molar-refractivity contribution in [1.82, 2.24) is 9.80 Å². The van der Waals surface area contributed by atoms with E-state index in [1.54, 1.807) is 11.0 Å². The molecule has 0 spiro atoms. The summed E-state index contributed by atoms with van der Waals surface area (Å²) in [6, 6.07) is 5.62. The van der Waals surface area contributed by atoms with Crippen molar-refractivity contribution in [3.8, 4) is 0 Å². The summed E-state index contributed by atoms with van der Waals surface area (Å²) in [6.45, 7) is 8.74. The fraction of sp³-hybridized carbons (Fsp3) is 0.652. The molecule has 2 fully saturated rings. The lowest BCUT2D eigenvalue weighted by Crippen LogP contribution is -2.54. The molecule has 2 heterocycles. The molecule has 1 aromatic rings. The van der Waals surface area contributed by atoms with Crippen molar-refractivity contribution in [2.75, 3.05) is 31.1 Å². The molecule has 6 nitrogen and oxygen atoms in total. The molecule has 3 aliphatic rings. The smallest absolute Gasteiger partial charge is 0.410 e. The fourth-order valence-electron chi connectivity index (χ4n) is 5.00. The van der Waals surface area contributed by atoms with Gasteiger partial charge in [0.25, 0.3) is 0 Å². The lowest BCUT2D eigenvalue weighted by Gasteiger charge is -2.43. The first-order valence-electron chi connectivity index (χ1n) is 11.0. The van der Waals surface area contributed by atoms with Crippen LogP contribution in [0.25, 0.3) is 0 Å². The Balaban J connectivity index is 1.30. The summed E-state index contributed by atoms with van der Waals surface area (Å²) in [5.74, 6) is -0.260. The number of hydrogen-bond acceptors (Lipinski definition) is 4. The van der Waals surface area contributed by atoms with Gasteiger partial charge >= 0.3 is 6.09 Å². The van der Waals surface area contributed by atoms with Crippen LogP contribution in [0.1, 0.15) is 52.0 Å². The van der Waals surface area contributed by atoms with Crippen molar-refractivity contribution >= 4 is 17.7 Å². The van der Waals surface area contributed by atoms with E-state index in [1.165, 1.54) is 6.07 Å². The molecule has 0 aromatic heterocycles. The quantitative estimate of drug-likeness (QED) is 0.738. The number of nitrogens with zero attached hydrogens (tertiary/aromatic N) is 3. The van der Waals surface area contributed by atoms with Gasteiger partial charge in [-0.3, -0.25) is 9.69 Å². The Kier molecular flexibility index (Phi) is 5.75. The normalized spacial score (nSPS) is 25.4. The molecule has 0 N–H and O–H groups in total. The topological polar surface area (TPSA) is 53.1 Å². The van der Waals surface area contributed by atoms with E-state index in [1.807, 2.05) is 31.7 Å². The zero-order chi connectivity index (χ0) is 21.5. The van der Waals surface area contributed by atoms with Crippen molar-refractivity contribution in [3.05, 3.63) is 29.6 Å². The van der Waals surface area contributed by atoms with E-state index in [2.05, 4.69) is 4.90 Å². The third-order valence-corrected chi connectivity index (χ3v) is 6.46. The second kappa shape index (κ2) is 8.17. The van der Waals surface area contributed by atoms with Gasteiger partial charge in [0, 0.05) is 43.8 Å². The Bertz CT molecular complexity index is 806. The number of amides is 2. The molecule has 0 bridgehead atoms. The second-order valence-electron chi connectivity index (χ2n) is 9.64. The molecule has 4 rings (SSSR count). The van der Waals surface area contributed by atoms with Gasteiger partial charge in [0.15, 0.2) is 0 Å². The van der Waals surface area contributed by atoms with Gasteiger partial charge in [-0.2, -0.15) is 0 Å². The molecule has 1 aliphatic carbocycles. The minimum absolute atomic E-state index is 0.0181. The number of ether oxygens (including phenoxy) is 1. The maximum Gasteiger partial charge on any atom is 0.410 e. The van der Waals surface area contributed by atoms with Crippen LogP contribution in [0.15, 0.2) is 18.2 Å². The van der Waals surface area contributed by atoms with Crippen molar-refractivity contribution in [2.45, 2.75) is 70.6 Å². The predicted octanol–water partition coefficient (Wildman–Crippen LogP) is 3.58. The number of halogens is 1. The van der Waals surface area contributed by atoms with Crippen molar-refractivity contribution in [3.63, 3.8) is 0 Å². The van der Waals surface area contributed by atoms with Gasteiger partial charge in [-0.05, 0) is 58.6 Å². The Morgan fingerprint density at radius 1 is 1.03 bits per heavy atom. The molecule has 0 unspecified atom stereocenters. The van der Waals surface area contributed by atoms with Gasteiger partial charge in [-0.25, -0.2) is 9.18 Å². The van der Waals surface area contributed by atoms with E-state index in [4.69, 9.17) is 4.74 Å². The summed E-state index contributed by atoms with van der Waals surface area (Å²) in [4.78, 5) is 30.9. The molecular weight excluding hydrogens is 385 g/mol. The Morgan fingerprint density at radius 3 is 2.30 bits per heavy atom. The molecule has 1 aromatic carbocycles. The van der Waals surface area contributed by atoms with Crippen LogP contribution in [0.2, 0.25) is 0 Å². The van der Waals surface area contributed by atoms with Crippen LogP contribution in [0.4, 0.5) is 14.9 Å². The zero-order valence-electron chi connectivity index (χ0n) is 18.2. The monoisotopic (exact) mass is 417 g/mol. The molecule has 7 heteroatoms. The van der Waals surface area contributed by atoms with E-state index in [0.717, 1.165) is 44.5 Å². The second-order valence-corrected chi connectivity index (χ2v) is 9.64. The minimum Gasteiger partial charge on any atom is -0.444 e. The third kappa shape index (κ3) is 4.31. The summed E-state index contributed by atoms with van der Waals surface area (Å²) in [5, 5.41) is 0. The molecule has 30 heavy (non-hydrogen) atoms. The molecule has 1 saturated heterocycles. The average molecular weight is 418 g/mol. The summed E-state index contributed by atoms with van der Waals surface area (Å²) in [7, 11) is 0.